The molecule has 7 nitrogen and oxygen atoms in total. The van der Waals surface area contributed by atoms with Crippen LogP contribution >= 0.6 is 0 Å². The lowest BCUT2D eigenvalue weighted by molar-refractivity contribution is -0.149. The molecule has 2 aromatic rings. The van der Waals surface area contributed by atoms with Crippen molar-refractivity contribution in [3.05, 3.63) is 59.7 Å². The molecule has 0 saturated heterocycles. The second kappa shape index (κ2) is 15.8. The average molecular weight is 500 g/mol. The number of ether oxygens (including phenoxy) is 3. The second-order valence-corrected chi connectivity index (χ2v) is 9.00. The molecule has 0 aliphatic heterocycles. The fourth-order valence-corrected chi connectivity index (χ4v) is 4.17. The molecule has 0 radical (unpaired) electrons. The molecule has 2 aromatic carbocycles. The molecule has 0 heterocycles. The van der Waals surface area contributed by atoms with Crippen LogP contribution in [0.25, 0.3) is 0 Å². The molecule has 1 N–H and O–H groups in total. The van der Waals surface area contributed by atoms with Gasteiger partial charge in [-0.05, 0) is 61.9 Å². The lowest BCUT2D eigenvalue weighted by Gasteiger charge is -2.27. The number of aliphatic carboxylic acids is 1. The van der Waals surface area contributed by atoms with Gasteiger partial charge < -0.3 is 24.2 Å². The molecular weight excluding hydrogens is 458 g/mol. The van der Waals surface area contributed by atoms with Gasteiger partial charge in [-0.25, -0.2) is 9.59 Å². The fourth-order valence-electron chi connectivity index (χ4n) is 4.17. The number of para-hydroxylation sites is 1. The first-order chi connectivity index (χ1) is 17.4. The third-order valence-corrected chi connectivity index (χ3v) is 6.04. The summed E-state index contributed by atoms with van der Waals surface area (Å²) in [5.41, 5.74) is 1.77. The number of rotatable bonds is 16. The molecule has 0 aromatic heterocycles. The van der Waals surface area contributed by atoms with Crippen molar-refractivity contribution >= 4 is 12.1 Å². The smallest absolute Gasteiger partial charge is 0.415 e. The zero-order chi connectivity index (χ0) is 26.3. The SMILES string of the molecule is CCCC(CCC)CN(CCOc1ccc(CC(OCC)C(=O)O)cc1)C(=O)Oc1ccccc1C. The van der Waals surface area contributed by atoms with E-state index in [1.54, 1.807) is 17.9 Å². The van der Waals surface area contributed by atoms with Crippen LogP contribution in [0, 0.1) is 12.8 Å². The number of aryl methyl sites for hydroxylation is 1. The summed E-state index contributed by atoms with van der Waals surface area (Å²) in [6.07, 6.45) is 3.32. The number of carboxylic acids is 1. The minimum atomic E-state index is -0.973. The minimum absolute atomic E-state index is 0.290. The monoisotopic (exact) mass is 499 g/mol. The molecule has 7 heteroatoms. The summed E-state index contributed by atoms with van der Waals surface area (Å²) in [7, 11) is 0. The topological polar surface area (TPSA) is 85.3 Å². The van der Waals surface area contributed by atoms with Crippen molar-refractivity contribution in [1.82, 2.24) is 4.90 Å². The van der Waals surface area contributed by atoms with Gasteiger partial charge in [0.1, 0.15) is 18.1 Å². The molecule has 1 amide bonds. The highest BCUT2D eigenvalue weighted by Gasteiger charge is 2.21. The number of amides is 1. The Bertz CT molecular complexity index is 924. The van der Waals surface area contributed by atoms with Gasteiger partial charge in [0.05, 0.1) is 6.54 Å². The van der Waals surface area contributed by atoms with Crippen LogP contribution in [0.2, 0.25) is 0 Å². The fraction of sp³-hybridized carbons (Fsp3) is 0.517. The van der Waals surface area contributed by atoms with Gasteiger partial charge in [-0.15, -0.1) is 0 Å². The van der Waals surface area contributed by atoms with E-state index >= 15 is 0 Å². The van der Waals surface area contributed by atoms with E-state index in [0.29, 0.717) is 43.7 Å². The van der Waals surface area contributed by atoms with E-state index in [4.69, 9.17) is 14.2 Å². The number of nitrogens with zero attached hydrogens (tertiary/aromatic N) is 1. The van der Waals surface area contributed by atoms with E-state index in [-0.39, 0.29) is 12.5 Å². The molecule has 2 rings (SSSR count). The quantitative estimate of drug-likeness (QED) is 0.299. The molecule has 198 valence electrons. The first-order valence-electron chi connectivity index (χ1n) is 13.0. The van der Waals surface area contributed by atoms with Gasteiger partial charge in [0, 0.05) is 19.6 Å². The highest BCUT2D eigenvalue weighted by molar-refractivity contribution is 5.72. The predicted octanol–water partition coefficient (Wildman–Crippen LogP) is 6.12. The van der Waals surface area contributed by atoms with Crippen molar-refractivity contribution in [2.45, 2.75) is 65.9 Å². The molecule has 0 aliphatic rings. The summed E-state index contributed by atoms with van der Waals surface area (Å²) in [4.78, 5) is 26.2. The average Bonchev–Trinajstić information content (AvgIpc) is 2.85. The van der Waals surface area contributed by atoms with Crippen molar-refractivity contribution in [3.63, 3.8) is 0 Å². The van der Waals surface area contributed by atoms with E-state index in [2.05, 4.69) is 13.8 Å². The third-order valence-electron chi connectivity index (χ3n) is 6.04. The van der Waals surface area contributed by atoms with Gasteiger partial charge in [-0.1, -0.05) is 57.0 Å². The Morgan fingerprint density at radius 2 is 1.64 bits per heavy atom. The van der Waals surface area contributed by atoms with Gasteiger partial charge in [0.2, 0.25) is 0 Å². The first kappa shape index (κ1) is 29.2. The van der Waals surface area contributed by atoms with Crippen molar-refractivity contribution < 1.29 is 28.9 Å². The molecule has 0 bridgehead atoms. The molecule has 36 heavy (non-hydrogen) atoms. The summed E-state index contributed by atoms with van der Waals surface area (Å²) in [5.74, 6) is 0.668. The maximum Gasteiger partial charge on any atom is 0.415 e. The third kappa shape index (κ3) is 9.90. The van der Waals surface area contributed by atoms with Crippen LogP contribution in [0.3, 0.4) is 0 Å². The summed E-state index contributed by atoms with van der Waals surface area (Å²) in [6, 6.07) is 14.8. The van der Waals surface area contributed by atoms with E-state index in [9.17, 15) is 14.7 Å². The van der Waals surface area contributed by atoms with Crippen LogP contribution in [0.4, 0.5) is 4.79 Å². The highest BCUT2D eigenvalue weighted by atomic mass is 16.6. The van der Waals surface area contributed by atoms with E-state index in [0.717, 1.165) is 36.8 Å². The number of hydrogen-bond acceptors (Lipinski definition) is 5. The Labute approximate surface area is 215 Å². The molecule has 0 aliphatic carbocycles. The van der Waals surface area contributed by atoms with Crippen LogP contribution < -0.4 is 9.47 Å². The zero-order valence-electron chi connectivity index (χ0n) is 22.1. The van der Waals surface area contributed by atoms with Gasteiger partial charge in [0.25, 0.3) is 0 Å². The largest absolute Gasteiger partial charge is 0.492 e. The first-order valence-corrected chi connectivity index (χ1v) is 13.0. The number of carboxylic acid groups (broad SMARTS) is 1. The van der Waals surface area contributed by atoms with E-state index in [1.807, 2.05) is 49.4 Å². The second-order valence-electron chi connectivity index (χ2n) is 9.00. The molecule has 1 unspecified atom stereocenters. The molecular formula is C29H41NO6. The Morgan fingerprint density at radius 3 is 2.22 bits per heavy atom. The normalized spacial score (nSPS) is 11.8. The van der Waals surface area contributed by atoms with Crippen molar-refractivity contribution in [3.8, 4) is 11.5 Å². The summed E-state index contributed by atoms with van der Waals surface area (Å²) in [6.45, 7) is 9.73. The molecule has 0 fully saturated rings. The van der Waals surface area contributed by atoms with Crippen LogP contribution in [-0.2, 0) is 16.0 Å². The molecule has 0 saturated carbocycles. The van der Waals surface area contributed by atoms with Gasteiger partial charge in [-0.3, -0.25) is 0 Å². The minimum Gasteiger partial charge on any atom is -0.492 e. The lowest BCUT2D eigenvalue weighted by Crippen LogP contribution is -2.40. The number of hydrogen-bond donors (Lipinski definition) is 1. The number of carbonyl (C=O) groups excluding carboxylic acids is 1. The molecule has 0 spiro atoms. The predicted molar refractivity (Wildman–Crippen MR) is 141 cm³/mol. The Kier molecular flexibility index (Phi) is 12.8. The Hall–Kier alpha value is -3.06. The van der Waals surface area contributed by atoms with Gasteiger partial charge in [-0.2, -0.15) is 0 Å². The van der Waals surface area contributed by atoms with Crippen LogP contribution in [0.5, 0.6) is 11.5 Å². The summed E-state index contributed by atoms with van der Waals surface area (Å²) >= 11 is 0. The number of benzene rings is 2. The highest BCUT2D eigenvalue weighted by Crippen LogP contribution is 2.20. The summed E-state index contributed by atoms with van der Waals surface area (Å²) < 4.78 is 16.9. The lowest BCUT2D eigenvalue weighted by atomic mass is 9.98. The van der Waals surface area contributed by atoms with Crippen molar-refractivity contribution in [2.24, 2.45) is 5.92 Å². The zero-order valence-corrected chi connectivity index (χ0v) is 22.1. The summed E-state index contributed by atoms with van der Waals surface area (Å²) in [5, 5.41) is 9.28. The van der Waals surface area contributed by atoms with E-state index < -0.39 is 12.1 Å². The number of carbonyl (C=O) groups is 2. The van der Waals surface area contributed by atoms with Crippen LogP contribution in [-0.4, -0.2) is 54.5 Å². The van der Waals surface area contributed by atoms with Crippen LogP contribution in [0.1, 0.15) is 57.6 Å². The molecule has 1 atom stereocenters. The Balaban J connectivity index is 2.00. The maximum absolute atomic E-state index is 13.1. The van der Waals surface area contributed by atoms with Crippen molar-refractivity contribution in [1.29, 1.82) is 0 Å². The van der Waals surface area contributed by atoms with Crippen molar-refractivity contribution in [2.75, 3.05) is 26.3 Å². The van der Waals surface area contributed by atoms with Gasteiger partial charge >= 0.3 is 12.1 Å². The Morgan fingerprint density at radius 1 is 0.972 bits per heavy atom. The standard InChI is InChI=1S/C29H41NO6/c1-5-10-24(11-6-2)21-30(29(33)36-26-13-9-8-12-22(26)4)18-19-35-25-16-14-23(15-17-25)20-27(28(31)32)34-7-3/h8-9,12-17,24,27H,5-7,10-11,18-21H2,1-4H3,(H,31,32). The maximum atomic E-state index is 13.1. The van der Waals surface area contributed by atoms with Gasteiger partial charge in [0.15, 0.2) is 6.10 Å². The van der Waals surface area contributed by atoms with E-state index in [1.165, 1.54) is 0 Å². The van der Waals surface area contributed by atoms with Crippen LogP contribution in [0.15, 0.2) is 48.5 Å².